The average Bonchev–Trinajstić information content (AvgIpc) is 2.00. The third-order valence-electron chi connectivity index (χ3n) is 2.14. The summed E-state index contributed by atoms with van der Waals surface area (Å²) in [6.45, 7) is 8.37. The first-order valence-electron chi connectivity index (χ1n) is 4.62. The largest absolute Gasteiger partial charge is 0.347 e. The number of amides is 1. The number of rotatable bonds is 5. The van der Waals surface area contributed by atoms with E-state index in [0.717, 1.165) is 0 Å². The van der Waals surface area contributed by atoms with E-state index in [2.05, 4.69) is 11.9 Å². The van der Waals surface area contributed by atoms with Crippen LogP contribution in [0.25, 0.3) is 0 Å². The second-order valence-corrected chi connectivity index (χ2v) is 5.62. The molecular weight excluding hydrogens is 217 g/mol. The number of nitrogens with one attached hydrogen (secondary N) is 1. The molecule has 0 radical (unpaired) electrons. The van der Waals surface area contributed by atoms with Crippen LogP contribution in [0.15, 0.2) is 12.2 Å². The second-order valence-electron chi connectivity index (χ2n) is 3.97. The van der Waals surface area contributed by atoms with Gasteiger partial charge in [0.05, 0.1) is 6.16 Å². The molecule has 0 saturated heterocycles. The lowest BCUT2D eigenvalue weighted by molar-refractivity contribution is -0.118. The third-order valence-corrected chi connectivity index (χ3v) is 3.25. The minimum Gasteiger partial charge on any atom is -0.347 e. The Morgan fingerprint density at radius 1 is 1.53 bits per heavy atom. The van der Waals surface area contributed by atoms with Gasteiger partial charge in [-0.05, 0) is 20.3 Å². The molecule has 0 aromatic carbocycles. The van der Waals surface area contributed by atoms with Crippen LogP contribution >= 0.6 is 7.60 Å². The van der Waals surface area contributed by atoms with E-state index in [1.807, 2.05) is 0 Å². The van der Waals surface area contributed by atoms with Gasteiger partial charge in [-0.3, -0.25) is 9.36 Å². The van der Waals surface area contributed by atoms with Crippen molar-refractivity contribution in [3.8, 4) is 0 Å². The van der Waals surface area contributed by atoms with Crippen molar-refractivity contribution in [2.75, 3.05) is 6.16 Å². The Balaban J connectivity index is 4.65. The maximum atomic E-state index is 11.3. The highest BCUT2D eigenvalue weighted by Gasteiger charge is 2.32. The summed E-state index contributed by atoms with van der Waals surface area (Å²) in [6.07, 6.45) is 0.0760. The molecule has 0 spiro atoms. The zero-order valence-corrected chi connectivity index (χ0v) is 10.2. The Morgan fingerprint density at radius 2 is 2.00 bits per heavy atom. The van der Waals surface area contributed by atoms with Crippen LogP contribution in [-0.4, -0.2) is 27.4 Å². The van der Waals surface area contributed by atoms with E-state index >= 15 is 0 Å². The summed E-state index contributed by atoms with van der Waals surface area (Å²) in [6, 6.07) is 0. The molecule has 0 aliphatic rings. The summed E-state index contributed by atoms with van der Waals surface area (Å²) >= 11 is 0. The van der Waals surface area contributed by atoms with Crippen LogP contribution in [0.4, 0.5) is 0 Å². The minimum atomic E-state index is -4.13. The Labute approximate surface area is 89.7 Å². The summed E-state index contributed by atoms with van der Waals surface area (Å²) in [7, 11) is -4.13. The molecule has 0 saturated carbocycles. The molecule has 1 amide bonds. The van der Waals surface area contributed by atoms with Gasteiger partial charge in [0.2, 0.25) is 5.91 Å². The number of carbonyl (C=O) groups excluding carboxylic acids is 1. The molecular formula is C9H18NO4P. The van der Waals surface area contributed by atoms with Gasteiger partial charge >= 0.3 is 7.60 Å². The second kappa shape index (κ2) is 4.92. The van der Waals surface area contributed by atoms with E-state index in [9.17, 15) is 9.36 Å². The monoisotopic (exact) mass is 235 g/mol. The summed E-state index contributed by atoms with van der Waals surface area (Å²) < 4.78 is 10.9. The number of hydrogen-bond donors (Lipinski definition) is 3. The fraction of sp³-hybridized carbons (Fsp3) is 0.667. The highest BCUT2D eigenvalue weighted by Crippen LogP contribution is 2.39. The van der Waals surface area contributed by atoms with Gasteiger partial charge in [-0.15, -0.1) is 0 Å². The van der Waals surface area contributed by atoms with Crippen LogP contribution in [0.5, 0.6) is 0 Å². The van der Waals surface area contributed by atoms with Gasteiger partial charge in [0.25, 0.3) is 0 Å². The SMILES string of the molecule is C=C(C)C(=O)NC(C)(CC)CP(=O)(O)O. The molecule has 0 aromatic rings. The van der Waals surface area contributed by atoms with Crippen molar-refractivity contribution in [3.05, 3.63) is 12.2 Å². The van der Waals surface area contributed by atoms with Gasteiger partial charge in [-0.2, -0.15) is 0 Å². The molecule has 5 nitrogen and oxygen atoms in total. The molecule has 1 unspecified atom stereocenters. The highest BCUT2D eigenvalue weighted by molar-refractivity contribution is 7.51. The highest BCUT2D eigenvalue weighted by atomic mass is 31.2. The van der Waals surface area contributed by atoms with Crippen LogP contribution in [0, 0.1) is 0 Å². The van der Waals surface area contributed by atoms with E-state index in [4.69, 9.17) is 9.79 Å². The van der Waals surface area contributed by atoms with Crippen molar-refractivity contribution in [2.24, 2.45) is 0 Å². The smallest absolute Gasteiger partial charge is 0.327 e. The zero-order valence-electron chi connectivity index (χ0n) is 9.28. The molecule has 0 aliphatic carbocycles. The molecule has 6 heteroatoms. The van der Waals surface area contributed by atoms with Gasteiger partial charge in [-0.25, -0.2) is 0 Å². The van der Waals surface area contributed by atoms with Crippen molar-refractivity contribution < 1.29 is 19.1 Å². The summed E-state index contributed by atoms with van der Waals surface area (Å²) in [4.78, 5) is 29.1. The lowest BCUT2D eigenvalue weighted by Crippen LogP contribution is -2.48. The van der Waals surface area contributed by atoms with Crippen molar-refractivity contribution in [1.82, 2.24) is 5.32 Å². The van der Waals surface area contributed by atoms with Crippen LogP contribution in [0.2, 0.25) is 0 Å². The van der Waals surface area contributed by atoms with Crippen LogP contribution in [0.1, 0.15) is 27.2 Å². The Bertz CT molecular complexity index is 309. The van der Waals surface area contributed by atoms with Crippen molar-refractivity contribution >= 4 is 13.5 Å². The predicted molar refractivity (Wildman–Crippen MR) is 58.6 cm³/mol. The van der Waals surface area contributed by atoms with E-state index in [1.54, 1.807) is 20.8 Å². The molecule has 0 heterocycles. The molecule has 0 fully saturated rings. The van der Waals surface area contributed by atoms with Gasteiger partial charge < -0.3 is 15.1 Å². The summed E-state index contributed by atoms with van der Waals surface area (Å²) in [5, 5.41) is 2.57. The average molecular weight is 235 g/mol. The van der Waals surface area contributed by atoms with E-state index < -0.39 is 13.1 Å². The lowest BCUT2D eigenvalue weighted by atomic mass is 10.0. The maximum absolute atomic E-state index is 11.3. The molecule has 0 aromatic heterocycles. The van der Waals surface area contributed by atoms with Crippen molar-refractivity contribution in [3.63, 3.8) is 0 Å². The molecule has 3 N–H and O–H groups in total. The zero-order chi connectivity index (χ0) is 12.3. The van der Waals surface area contributed by atoms with Crippen LogP contribution in [-0.2, 0) is 9.36 Å². The van der Waals surface area contributed by atoms with Crippen LogP contribution in [0.3, 0.4) is 0 Å². The first-order chi connectivity index (χ1) is 6.59. The molecule has 1 atom stereocenters. The van der Waals surface area contributed by atoms with E-state index in [-0.39, 0.29) is 12.1 Å². The quantitative estimate of drug-likeness (QED) is 0.490. The summed E-state index contributed by atoms with van der Waals surface area (Å²) in [5.41, 5.74) is -0.574. The van der Waals surface area contributed by atoms with E-state index in [0.29, 0.717) is 12.0 Å². The van der Waals surface area contributed by atoms with Crippen molar-refractivity contribution in [2.45, 2.75) is 32.7 Å². The number of hydrogen-bond acceptors (Lipinski definition) is 2. The normalized spacial score (nSPS) is 15.5. The fourth-order valence-electron chi connectivity index (χ4n) is 1.08. The standard InChI is InChI=1S/C9H18NO4P/c1-5-9(4,6-15(12,13)14)10-8(11)7(2)3/h2,5-6H2,1,3-4H3,(H,10,11)(H2,12,13,14). The molecule has 0 aliphatic heterocycles. The topological polar surface area (TPSA) is 86.6 Å². The Kier molecular flexibility index (Phi) is 4.71. The molecule has 0 bridgehead atoms. The first kappa shape index (κ1) is 14.4. The molecule has 0 rings (SSSR count). The van der Waals surface area contributed by atoms with E-state index in [1.165, 1.54) is 0 Å². The third kappa shape index (κ3) is 5.72. The predicted octanol–water partition coefficient (Wildman–Crippen LogP) is 1.03. The number of carbonyl (C=O) groups is 1. The van der Waals surface area contributed by atoms with Crippen molar-refractivity contribution in [1.29, 1.82) is 0 Å². The van der Waals surface area contributed by atoms with Gasteiger partial charge in [0.15, 0.2) is 0 Å². The maximum Gasteiger partial charge on any atom is 0.327 e. The minimum absolute atomic E-state index is 0.320. The Hall–Kier alpha value is -0.640. The lowest BCUT2D eigenvalue weighted by Gasteiger charge is -2.29. The summed E-state index contributed by atoms with van der Waals surface area (Å²) in [5.74, 6) is -0.382. The Morgan fingerprint density at radius 3 is 2.27 bits per heavy atom. The van der Waals surface area contributed by atoms with Gasteiger partial charge in [-0.1, -0.05) is 13.5 Å². The molecule has 15 heavy (non-hydrogen) atoms. The molecule has 88 valence electrons. The van der Waals surface area contributed by atoms with Crippen LogP contribution < -0.4 is 5.32 Å². The first-order valence-corrected chi connectivity index (χ1v) is 6.42. The van der Waals surface area contributed by atoms with Gasteiger partial charge in [0, 0.05) is 11.1 Å². The fourth-order valence-corrected chi connectivity index (χ4v) is 2.29. The van der Waals surface area contributed by atoms with Gasteiger partial charge in [0.1, 0.15) is 0 Å².